The number of ether oxygens (including phenoxy) is 3. The van der Waals surface area contributed by atoms with E-state index in [1.165, 1.54) is 7.11 Å². The standard InChI is InChI=1S/C26H26Cl2O4S/c1-26(2,25(29)31-4)19-8-12-24(23(13-19)30-3)33-16-17-5-10-21(11-6-17)32-15-18-7-9-20(27)14-22(18)28/h5-14H,15-16H2,1-4H3. The summed E-state index contributed by atoms with van der Waals surface area (Å²) in [6.07, 6.45) is 0. The second-order valence-corrected chi connectivity index (χ2v) is 9.80. The quantitative estimate of drug-likeness (QED) is 0.225. The van der Waals surface area contributed by atoms with Gasteiger partial charge in [-0.2, -0.15) is 0 Å². The van der Waals surface area contributed by atoms with Crippen molar-refractivity contribution in [1.82, 2.24) is 0 Å². The lowest BCUT2D eigenvalue weighted by atomic mass is 9.84. The van der Waals surface area contributed by atoms with E-state index in [0.29, 0.717) is 16.7 Å². The summed E-state index contributed by atoms with van der Waals surface area (Å²) in [6, 6.07) is 19.1. The third kappa shape index (κ3) is 6.38. The van der Waals surface area contributed by atoms with Gasteiger partial charge >= 0.3 is 5.97 Å². The van der Waals surface area contributed by atoms with Crippen molar-refractivity contribution in [2.24, 2.45) is 0 Å². The van der Waals surface area contributed by atoms with Crippen molar-refractivity contribution < 1.29 is 19.0 Å². The summed E-state index contributed by atoms with van der Waals surface area (Å²) in [4.78, 5) is 13.1. The van der Waals surface area contributed by atoms with Crippen molar-refractivity contribution in [3.63, 3.8) is 0 Å². The number of methoxy groups -OCH3 is 2. The maximum absolute atomic E-state index is 12.1. The van der Waals surface area contributed by atoms with Gasteiger partial charge in [-0.05, 0) is 61.4 Å². The Morgan fingerprint density at radius 3 is 2.33 bits per heavy atom. The fraction of sp³-hybridized carbons (Fsp3) is 0.269. The molecule has 0 unspecified atom stereocenters. The number of hydrogen-bond donors (Lipinski definition) is 0. The highest BCUT2D eigenvalue weighted by atomic mass is 35.5. The van der Waals surface area contributed by atoms with Crippen LogP contribution in [-0.4, -0.2) is 20.2 Å². The number of carbonyl (C=O) groups excluding carboxylic acids is 1. The Labute approximate surface area is 209 Å². The number of thioether (sulfide) groups is 1. The van der Waals surface area contributed by atoms with Crippen molar-refractivity contribution >= 4 is 40.9 Å². The van der Waals surface area contributed by atoms with Crippen molar-refractivity contribution in [1.29, 1.82) is 0 Å². The van der Waals surface area contributed by atoms with Gasteiger partial charge in [-0.1, -0.05) is 47.5 Å². The fourth-order valence-electron chi connectivity index (χ4n) is 3.19. The van der Waals surface area contributed by atoms with Crippen LogP contribution in [0.3, 0.4) is 0 Å². The lowest BCUT2D eigenvalue weighted by Crippen LogP contribution is -2.30. The van der Waals surface area contributed by atoms with Crippen LogP contribution in [0.2, 0.25) is 10.0 Å². The Morgan fingerprint density at radius 2 is 1.70 bits per heavy atom. The molecule has 7 heteroatoms. The van der Waals surface area contributed by atoms with Crippen LogP contribution >= 0.6 is 35.0 Å². The van der Waals surface area contributed by atoms with E-state index in [1.807, 2.05) is 62.4 Å². The molecule has 33 heavy (non-hydrogen) atoms. The number of carbonyl (C=O) groups is 1. The summed E-state index contributed by atoms with van der Waals surface area (Å²) in [5, 5.41) is 1.19. The molecule has 4 nitrogen and oxygen atoms in total. The second-order valence-electron chi connectivity index (χ2n) is 7.94. The molecule has 0 N–H and O–H groups in total. The van der Waals surface area contributed by atoms with Crippen molar-refractivity contribution in [2.45, 2.75) is 36.5 Å². The smallest absolute Gasteiger partial charge is 0.315 e. The molecule has 0 aliphatic carbocycles. The normalized spacial score (nSPS) is 11.2. The molecule has 0 spiro atoms. The van der Waals surface area contributed by atoms with Crippen molar-refractivity contribution in [3.8, 4) is 11.5 Å². The van der Waals surface area contributed by atoms with Gasteiger partial charge < -0.3 is 14.2 Å². The summed E-state index contributed by atoms with van der Waals surface area (Å²) in [6.45, 7) is 4.05. The van der Waals surface area contributed by atoms with Gasteiger partial charge in [0.2, 0.25) is 0 Å². The molecule has 0 fully saturated rings. The summed E-state index contributed by atoms with van der Waals surface area (Å²) >= 11 is 13.8. The van der Waals surface area contributed by atoms with Crippen LogP contribution in [0.1, 0.15) is 30.5 Å². The summed E-state index contributed by atoms with van der Waals surface area (Å²) in [5.41, 5.74) is 2.12. The highest BCUT2D eigenvalue weighted by Crippen LogP contribution is 2.36. The minimum atomic E-state index is -0.753. The van der Waals surface area contributed by atoms with E-state index < -0.39 is 5.41 Å². The first-order chi connectivity index (χ1) is 15.7. The SMILES string of the molecule is COC(=O)C(C)(C)c1ccc(SCc2ccc(OCc3ccc(Cl)cc3Cl)cc2)c(OC)c1. The molecule has 0 heterocycles. The summed E-state index contributed by atoms with van der Waals surface area (Å²) < 4.78 is 16.4. The molecule has 0 aliphatic rings. The first-order valence-electron chi connectivity index (χ1n) is 10.3. The molecule has 0 atom stereocenters. The Bertz CT molecular complexity index is 1110. The predicted octanol–water partition coefficient (Wildman–Crippen LogP) is 7.32. The molecule has 3 aromatic rings. The molecule has 0 bridgehead atoms. The highest BCUT2D eigenvalue weighted by Gasteiger charge is 2.31. The third-order valence-corrected chi connectivity index (χ3v) is 7.02. The van der Waals surface area contributed by atoms with E-state index >= 15 is 0 Å². The van der Waals surface area contributed by atoms with E-state index in [0.717, 1.165) is 38.8 Å². The van der Waals surface area contributed by atoms with Crippen LogP contribution in [0, 0.1) is 0 Å². The zero-order valence-corrected chi connectivity index (χ0v) is 21.3. The zero-order valence-electron chi connectivity index (χ0n) is 19.0. The van der Waals surface area contributed by atoms with E-state index in [4.69, 9.17) is 37.4 Å². The van der Waals surface area contributed by atoms with Crippen molar-refractivity contribution in [3.05, 3.63) is 87.4 Å². The van der Waals surface area contributed by atoms with Gasteiger partial charge in [-0.15, -0.1) is 11.8 Å². The molecule has 3 rings (SSSR count). The minimum absolute atomic E-state index is 0.286. The maximum Gasteiger partial charge on any atom is 0.315 e. The first-order valence-corrected chi connectivity index (χ1v) is 12.0. The van der Waals surface area contributed by atoms with Crippen LogP contribution in [0.25, 0.3) is 0 Å². The van der Waals surface area contributed by atoms with Gasteiger partial charge in [0.25, 0.3) is 0 Å². The van der Waals surface area contributed by atoms with Gasteiger partial charge in [0.05, 0.1) is 19.6 Å². The lowest BCUT2D eigenvalue weighted by Gasteiger charge is -2.23. The van der Waals surface area contributed by atoms with Gasteiger partial charge in [-0.3, -0.25) is 4.79 Å². The Balaban J connectivity index is 1.62. The Hall–Kier alpha value is -2.34. The summed E-state index contributed by atoms with van der Waals surface area (Å²) in [5.74, 6) is 1.97. The topological polar surface area (TPSA) is 44.8 Å². The van der Waals surface area contributed by atoms with Gasteiger partial charge in [0.1, 0.15) is 18.1 Å². The summed E-state index contributed by atoms with van der Waals surface area (Å²) in [7, 11) is 3.03. The predicted molar refractivity (Wildman–Crippen MR) is 135 cm³/mol. The Morgan fingerprint density at radius 1 is 0.970 bits per heavy atom. The number of halogens is 2. The molecule has 0 aromatic heterocycles. The monoisotopic (exact) mass is 504 g/mol. The average Bonchev–Trinajstić information content (AvgIpc) is 2.82. The van der Waals surface area contributed by atoms with E-state index in [1.54, 1.807) is 31.0 Å². The van der Waals surface area contributed by atoms with Crippen molar-refractivity contribution in [2.75, 3.05) is 14.2 Å². The maximum atomic E-state index is 12.1. The van der Waals surface area contributed by atoms with E-state index in [9.17, 15) is 4.79 Å². The third-order valence-electron chi connectivity index (χ3n) is 5.31. The second kappa shape index (κ2) is 11.2. The lowest BCUT2D eigenvalue weighted by molar-refractivity contribution is -0.146. The fourth-order valence-corrected chi connectivity index (χ4v) is 4.62. The molecule has 0 aliphatic heterocycles. The molecule has 0 radical (unpaired) electrons. The average molecular weight is 505 g/mol. The largest absolute Gasteiger partial charge is 0.496 e. The van der Waals surface area contributed by atoms with Gasteiger partial charge in [-0.25, -0.2) is 0 Å². The molecule has 3 aromatic carbocycles. The first kappa shape index (κ1) is 25.3. The van der Waals surface area contributed by atoms with E-state index in [-0.39, 0.29) is 5.97 Å². The molecule has 174 valence electrons. The molecular weight excluding hydrogens is 479 g/mol. The van der Waals surface area contributed by atoms with Crippen LogP contribution in [0.5, 0.6) is 11.5 Å². The molecule has 0 saturated heterocycles. The highest BCUT2D eigenvalue weighted by molar-refractivity contribution is 7.98. The number of esters is 1. The van der Waals surface area contributed by atoms with Gasteiger partial charge in [0.15, 0.2) is 0 Å². The van der Waals surface area contributed by atoms with Gasteiger partial charge in [0, 0.05) is 26.3 Å². The number of rotatable bonds is 9. The Kier molecular flexibility index (Phi) is 8.57. The van der Waals surface area contributed by atoms with Crippen LogP contribution < -0.4 is 9.47 Å². The van der Waals surface area contributed by atoms with Crippen LogP contribution in [0.4, 0.5) is 0 Å². The molecule has 0 saturated carbocycles. The van der Waals surface area contributed by atoms with Crippen LogP contribution in [-0.2, 0) is 27.3 Å². The van der Waals surface area contributed by atoms with E-state index in [2.05, 4.69) is 0 Å². The van der Waals surface area contributed by atoms with Crippen LogP contribution in [0.15, 0.2) is 65.6 Å². The number of hydrogen-bond acceptors (Lipinski definition) is 5. The molecule has 0 amide bonds. The minimum Gasteiger partial charge on any atom is -0.496 e. The zero-order chi connectivity index (χ0) is 24.0. The number of benzene rings is 3. The molecular formula is C26H26Cl2O4S.